The van der Waals surface area contributed by atoms with Crippen LogP contribution in [-0.4, -0.2) is 36.7 Å². The number of aryl methyl sites for hydroxylation is 2. The molecule has 1 aliphatic heterocycles. The summed E-state index contributed by atoms with van der Waals surface area (Å²) in [5.74, 6) is 0.0674. The molecule has 1 aliphatic rings. The normalized spacial score (nSPS) is 19.0. The van der Waals surface area contributed by atoms with Crippen molar-refractivity contribution in [3.8, 4) is 0 Å². The van der Waals surface area contributed by atoms with Crippen molar-refractivity contribution in [1.82, 2.24) is 15.6 Å². The molecule has 5 nitrogen and oxygen atoms in total. The van der Waals surface area contributed by atoms with Crippen molar-refractivity contribution < 1.29 is 9.53 Å². The number of hydrogen-bond donors (Lipinski definition) is 2. The summed E-state index contributed by atoms with van der Waals surface area (Å²) in [6.07, 6.45) is 2.59. The number of nitrogens with one attached hydrogen (secondary N) is 2. The first-order valence-corrected chi connectivity index (χ1v) is 8.03. The Balaban J connectivity index is 1.77. The number of aromatic nitrogens is 1. The van der Waals surface area contributed by atoms with E-state index in [9.17, 15) is 4.79 Å². The van der Waals surface area contributed by atoms with Crippen LogP contribution in [0.2, 0.25) is 0 Å². The lowest BCUT2D eigenvalue weighted by atomic mass is 10.2. The number of carbonyl (C=O) groups excluding carboxylic acids is 1. The van der Waals surface area contributed by atoms with Crippen LogP contribution in [0.15, 0.2) is 0 Å². The van der Waals surface area contributed by atoms with Gasteiger partial charge in [0, 0.05) is 23.9 Å². The highest BCUT2D eigenvalue weighted by molar-refractivity contribution is 7.11. The molecule has 0 radical (unpaired) electrons. The lowest BCUT2D eigenvalue weighted by Crippen LogP contribution is -2.44. The van der Waals surface area contributed by atoms with E-state index in [1.54, 1.807) is 11.3 Å². The van der Waals surface area contributed by atoms with Crippen LogP contribution in [-0.2, 0) is 22.5 Å². The van der Waals surface area contributed by atoms with Crippen LogP contribution >= 0.6 is 11.3 Å². The fourth-order valence-electron chi connectivity index (χ4n) is 2.20. The van der Waals surface area contributed by atoms with Crippen LogP contribution in [0.25, 0.3) is 0 Å². The van der Waals surface area contributed by atoms with Crippen LogP contribution in [0.3, 0.4) is 0 Å². The molecule has 6 heteroatoms. The largest absolute Gasteiger partial charge is 0.378 e. The lowest BCUT2D eigenvalue weighted by molar-refractivity contribution is -0.122. The lowest BCUT2D eigenvalue weighted by Gasteiger charge is -2.23. The van der Waals surface area contributed by atoms with Crippen molar-refractivity contribution in [2.75, 3.05) is 19.8 Å². The molecule has 0 spiro atoms. The number of rotatable bonds is 6. The number of nitrogens with zero attached hydrogens (tertiary/aromatic N) is 1. The SMILES string of the molecule is CCCc1nc(C)c(CNC(=O)CC2COCCN2)s1. The van der Waals surface area contributed by atoms with Crippen LogP contribution in [0.1, 0.15) is 35.3 Å². The number of amides is 1. The summed E-state index contributed by atoms with van der Waals surface area (Å²) in [5.41, 5.74) is 1.04. The Hall–Kier alpha value is -0.980. The van der Waals surface area contributed by atoms with E-state index in [-0.39, 0.29) is 11.9 Å². The predicted octanol–water partition coefficient (Wildman–Crippen LogP) is 1.40. The molecule has 1 aromatic rings. The first-order valence-electron chi connectivity index (χ1n) is 7.22. The number of hydrogen-bond acceptors (Lipinski definition) is 5. The van der Waals surface area contributed by atoms with Crippen molar-refractivity contribution in [3.63, 3.8) is 0 Å². The second kappa shape index (κ2) is 7.71. The number of ether oxygens (including phenoxy) is 1. The summed E-state index contributed by atoms with van der Waals surface area (Å²) in [6, 6.07) is 0.141. The molecule has 0 bridgehead atoms. The number of morpholine rings is 1. The standard InChI is InChI=1S/C14H23N3O2S/c1-3-4-14-17-10(2)12(20-14)8-16-13(18)7-11-9-19-6-5-15-11/h11,15H,3-9H2,1-2H3,(H,16,18). The highest BCUT2D eigenvalue weighted by Crippen LogP contribution is 2.19. The average Bonchev–Trinajstić information content (AvgIpc) is 2.78. The Bertz CT molecular complexity index is 442. The Morgan fingerprint density at radius 2 is 2.45 bits per heavy atom. The van der Waals surface area contributed by atoms with Gasteiger partial charge in [0.1, 0.15) is 0 Å². The fourth-order valence-corrected chi connectivity index (χ4v) is 3.31. The Morgan fingerprint density at radius 3 is 3.15 bits per heavy atom. The maximum Gasteiger partial charge on any atom is 0.221 e. The van der Waals surface area contributed by atoms with Crippen LogP contribution < -0.4 is 10.6 Å². The van der Waals surface area contributed by atoms with Gasteiger partial charge in [-0.1, -0.05) is 6.92 Å². The highest BCUT2D eigenvalue weighted by atomic mass is 32.1. The summed E-state index contributed by atoms with van der Waals surface area (Å²) < 4.78 is 5.34. The van der Waals surface area contributed by atoms with Crippen LogP contribution in [0.5, 0.6) is 0 Å². The zero-order valence-electron chi connectivity index (χ0n) is 12.2. The van der Waals surface area contributed by atoms with Gasteiger partial charge in [-0.15, -0.1) is 11.3 Å². The van der Waals surface area contributed by atoms with Gasteiger partial charge in [0.25, 0.3) is 0 Å². The minimum atomic E-state index is 0.0674. The number of carbonyl (C=O) groups is 1. The van der Waals surface area contributed by atoms with Crippen molar-refractivity contribution in [1.29, 1.82) is 0 Å². The molecule has 1 amide bonds. The molecule has 112 valence electrons. The molecule has 20 heavy (non-hydrogen) atoms. The fraction of sp³-hybridized carbons (Fsp3) is 0.714. The zero-order valence-corrected chi connectivity index (χ0v) is 13.0. The second-order valence-electron chi connectivity index (χ2n) is 5.07. The highest BCUT2D eigenvalue weighted by Gasteiger charge is 2.17. The molecule has 2 rings (SSSR count). The van der Waals surface area contributed by atoms with Crippen LogP contribution in [0.4, 0.5) is 0 Å². The first-order chi connectivity index (χ1) is 9.69. The van der Waals surface area contributed by atoms with Crippen LogP contribution in [0, 0.1) is 6.92 Å². The van der Waals surface area contributed by atoms with Gasteiger partial charge < -0.3 is 15.4 Å². The topological polar surface area (TPSA) is 63.2 Å². The minimum absolute atomic E-state index is 0.0674. The van der Waals surface area contributed by atoms with Gasteiger partial charge >= 0.3 is 0 Å². The maximum absolute atomic E-state index is 11.9. The third-order valence-corrected chi connectivity index (χ3v) is 4.49. The molecule has 1 saturated heterocycles. The quantitative estimate of drug-likeness (QED) is 0.833. The average molecular weight is 297 g/mol. The Morgan fingerprint density at radius 1 is 1.60 bits per heavy atom. The summed E-state index contributed by atoms with van der Waals surface area (Å²) in [5, 5.41) is 7.43. The van der Waals surface area contributed by atoms with Gasteiger partial charge in [-0.05, 0) is 19.8 Å². The molecule has 1 aromatic heterocycles. The van der Waals surface area contributed by atoms with Gasteiger partial charge in [0.2, 0.25) is 5.91 Å². The van der Waals surface area contributed by atoms with Gasteiger partial charge in [-0.3, -0.25) is 4.79 Å². The molecular formula is C14H23N3O2S. The molecule has 0 saturated carbocycles. The molecule has 1 unspecified atom stereocenters. The molecule has 1 atom stereocenters. The van der Waals surface area contributed by atoms with E-state index in [1.165, 1.54) is 0 Å². The van der Waals surface area contributed by atoms with Crippen molar-refractivity contribution >= 4 is 17.2 Å². The van der Waals surface area contributed by atoms with Gasteiger partial charge in [0.05, 0.1) is 30.5 Å². The molecule has 2 N–H and O–H groups in total. The second-order valence-corrected chi connectivity index (χ2v) is 6.24. The molecule has 0 aromatic carbocycles. The molecular weight excluding hydrogens is 274 g/mol. The van der Waals surface area contributed by atoms with E-state index < -0.39 is 0 Å². The third-order valence-electron chi connectivity index (χ3n) is 3.28. The Kier molecular flexibility index (Phi) is 5.94. The van der Waals surface area contributed by atoms with E-state index in [2.05, 4.69) is 22.5 Å². The summed E-state index contributed by atoms with van der Waals surface area (Å²) in [4.78, 5) is 17.6. The van der Waals surface area contributed by atoms with Crippen molar-refractivity contribution in [2.24, 2.45) is 0 Å². The summed E-state index contributed by atoms with van der Waals surface area (Å²) >= 11 is 1.71. The van der Waals surface area contributed by atoms with Crippen molar-refractivity contribution in [2.45, 2.75) is 45.7 Å². The molecule has 2 heterocycles. The zero-order chi connectivity index (χ0) is 14.4. The van der Waals surface area contributed by atoms with E-state index >= 15 is 0 Å². The third kappa shape index (κ3) is 4.54. The van der Waals surface area contributed by atoms with Gasteiger partial charge in [-0.2, -0.15) is 0 Å². The maximum atomic E-state index is 11.9. The minimum Gasteiger partial charge on any atom is -0.378 e. The van der Waals surface area contributed by atoms with E-state index in [4.69, 9.17) is 4.74 Å². The van der Waals surface area contributed by atoms with Gasteiger partial charge in [-0.25, -0.2) is 4.98 Å². The predicted molar refractivity (Wildman–Crippen MR) is 79.9 cm³/mol. The van der Waals surface area contributed by atoms with E-state index in [1.807, 2.05) is 6.92 Å². The Labute approximate surface area is 124 Å². The monoisotopic (exact) mass is 297 g/mol. The summed E-state index contributed by atoms with van der Waals surface area (Å²) in [6.45, 7) is 6.92. The van der Waals surface area contributed by atoms with E-state index in [0.717, 1.165) is 41.6 Å². The first kappa shape index (κ1) is 15.4. The van der Waals surface area contributed by atoms with E-state index in [0.29, 0.717) is 19.6 Å². The van der Waals surface area contributed by atoms with Crippen molar-refractivity contribution in [3.05, 3.63) is 15.6 Å². The number of thiazole rings is 1. The van der Waals surface area contributed by atoms with Gasteiger partial charge in [0.15, 0.2) is 0 Å². The smallest absolute Gasteiger partial charge is 0.221 e. The molecule has 1 fully saturated rings. The molecule has 0 aliphatic carbocycles. The summed E-state index contributed by atoms with van der Waals surface area (Å²) in [7, 11) is 0.